The fourth-order valence-corrected chi connectivity index (χ4v) is 5.86. The third kappa shape index (κ3) is 5.22. The van der Waals surface area contributed by atoms with Gasteiger partial charge in [-0.3, -0.25) is 19.8 Å². The standard InChI is InChI=1S/C23H32F5N5O2/c1-12-5-16(14-6-17(13(2)29-7-14)35-10-18(24)25)31-20-19(12)21(34)33(22(20,3)4)15-8-30-32(9-15)11-23(26,27)28/h7-8,12-19H,5-6,9-11H2,1-4H3. The number of likely N-dealkylation sites (tertiary alicyclic amines) is 1. The lowest BCUT2D eigenvalue weighted by Gasteiger charge is -2.38. The fraction of sp³-hybridized carbons (Fsp3) is 0.826. The molecule has 7 unspecified atom stereocenters. The molecule has 0 spiro atoms. The zero-order chi connectivity index (χ0) is 25.7. The Morgan fingerprint density at radius 3 is 2.57 bits per heavy atom. The molecule has 4 rings (SSSR count). The summed E-state index contributed by atoms with van der Waals surface area (Å²) >= 11 is 0. The third-order valence-electron chi connectivity index (χ3n) is 7.49. The van der Waals surface area contributed by atoms with Crippen LogP contribution < -0.4 is 0 Å². The van der Waals surface area contributed by atoms with Crippen LogP contribution in [-0.4, -0.2) is 96.0 Å². The lowest BCUT2D eigenvalue weighted by Crippen LogP contribution is -2.53. The summed E-state index contributed by atoms with van der Waals surface area (Å²) < 4.78 is 69.2. The number of fused-ring (bicyclic) bond motifs is 1. The van der Waals surface area contributed by atoms with Gasteiger partial charge in [0.2, 0.25) is 5.91 Å². The molecule has 0 aromatic heterocycles. The van der Waals surface area contributed by atoms with Crippen molar-refractivity contribution in [3.05, 3.63) is 0 Å². The number of rotatable bonds is 6. The van der Waals surface area contributed by atoms with Gasteiger partial charge in [0.25, 0.3) is 6.43 Å². The molecule has 4 aliphatic rings. The van der Waals surface area contributed by atoms with E-state index in [1.54, 1.807) is 4.90 Å². The Kier molecular flexibility index (Phi) is 6.98. The summed E-state index contributed by atoms with van der Waals surface area (Å²) in [6.07, 6.45) is -3.00. The molecule has 4 aliphatic heterocycles. The highest BCUT2D eigenvalue weighted by molar-refractivity contribution is 6.16. The van der Waals surface area contributed by atoms with Gasteiger partial charge < -0.3 is 9.64 Å². The summed E-state index contributed by atoms with van der Waals surface area (Å²) in [5.74, 6) is -0.743. The van der Waals surface area contributed by atoms with Gasteiger partial charge in [0.15, 0.2) is 0 Å². The minimum Gasteiger partial charge on any atom is -0.370 e. The first-order valence-corrected chi connectivity index (χ1v) is 12.0. The zero-order valence-corrected chi connectivity index (χ0v) is 20.3. The molecule has 0 aromatic rings. The van der Waals surface area contributed by atoms with Crippen LogP contribution in [0, 0.1) is 17.8 Å². The van der Waals surface area contributed by atoms with E-state index in [1.165, 1.54) is 6.21 Å². The van der Waals surface area contributed by atoms with Crippen LogP contribution in [0.25, 0.3) is 0 Å². The summed E-state index contributed by atoms with van der Waals surface area (Å²) in [6, 6.07) is -0.994. The van der Waals surface area contributed by atoms with Crippen LogP contribution in [0.5, 0.6) is 0 Å². The Hall–Kier alpha value is -2.11. The Morgan fingerprint density at radius 1 is 1.20 bits per heavy atom. The average molecular weight is 506 g/mol. The van der Waals surface area contributed by atoms with Crippen LogP contribution in [0.2, 0.25) is 0 Å². The smallest absolute Gasteiger partial charge is 0.370 e. The second kappa shape index (κ2) is 9.40. The first-order valence-electron chi connectivity index (χ1n) is 12.0. The van der Waals surface area contributed by atoms with Crippen LogP contribution in [-0.2, 0) is 9.53 Å². The van der Waals surface area contributed by atoms with Gasteiger partial charge in [-0.1, -0.05) is 6.92 Å². The lowest BCUT2D eigenvalue weighted by atomic mass is 9.75. The van der Waals surface area contributed by atoms with Crippen LogP contribution in [0.15, 0.2) is 15.1 Å². The highest BCUT2D eigenvalue weighted by atomic mass is 19.4. The van der Waals surface area contributed by atoms with E-state index in [1.807, 2.05) is 33.9 Å². The Morgan fingerprint density at radius 2 is 1.91 bits per heavy atom. The maximum absolute atomic E-state index is 13.5. The number of amides is 1. The highest BCUT2D eigenvalue weighted by Crippen LogP contribution is 2.44. The number of alkyl halides is 5. The van der Waals surface area contributed by atoms with Crippen molar-refractivity contribution < 1.29 is 31.5 Å². The summed E-state index contributed by atoms with van der Waals surface area (Å²) in [4.78, 5) is 24.6. The molecule has 4 heterocycles. The molecule has 0 aliphatic carbocycles. The quantitative estimate of drug-likeness (QED) is 0.520. The van der Waals surface area contributed by atoms with Gasteiger partial charge >= 0.3 is 6.18 Å². The van der Waals surface area contributed by atoms with Crippen molar-refractivity contribution in [3.8, 4) is 0 Å². The Bertz CT molecular complexity index is 905. The molecular weight excluding hydrogens is 473 g/mol. The van der Waals surface area contributed by atoms with Crippen LogP contribution in [0.1, 0.15) is 40.5 Å². The van der Waals surface area contributed by atoms with Crippen molar-refractivity contribution in [1.82, 2.24) is 9.91 Å². The predicted molar refractivity (Wildman–Crippen MR) is 121 cm³/mol. The number of carbonyl (C=O) groups excluding carboxylic acids is 1. The highest BCUT2D eigenvalue weighted by Gasteiger charge is 2.57. The maximum atomic E-state index is 13.5. The van der Waals surface area contributed by atoms with E-state index in [4.69, 9.17) is 9.73 Å². The van der Waals surface area contributed by atoms with Gasteiger partial charge in [0, 0.05) is 18.3 Å². The third-order valence-corrected chi connectivity index (χ3v) is 7.49. The van der Waals surface area contributed by atoms with Crippen molar-refractivity contribution in [2.45, 2.75) is 82.9 Å². The van der Waals surface area contributed by atoms with Gasteiger partial charge in [0.05, 0.1) is 47.9 Å². The fourth-order valence-electron chi connectivity index (χ4n) is 5.86. The van der Waals surface area contributed by atoms with E-state index in [-0.39, 0.29) is 36.4 Å². The summed E-state index contributed by atoms with van der Waals surface area (Å²) in [5, 5.41) is 4.82. The zero-order valence-electron chi connectivity index (χ0n) is 20.3. The van der Waals surface area contributed by atoms with E-state index >= 15 is 0 Å². The predicted octanol–water partition coefficient (Wildman–Crippen LogP) is 3.43. The van der Waals surface area contributed by atoms with Crippen LogP contribution >= 0.6 is 0 Å². The van der Waals surface area contributed by atoms with E-state index in [9.17, 15) is 26.7 Å². The molecule has 12 heteroatoms. The molecule has 7 nitrogen and oxygen atoms in total. The summed E-state index contributed by atoms with van der Waals surface area (Å²) in [6.45, 7) is 5.71. The van der Waals surface area contributed by atoms with Crippen molar-refractivity contribution in [1.29, 1.82) is 0 Å². The number of hydrogen-bond acceptors (Lipinski definition) is 6. The Balaban J connectivity index is 1.53. The number of ether oxygens (including phenoxy) is 1. The normalized spacial score (nSPS) is 36.8. The van der Waals surface area contributed by atoms with Gasteiger partial charge in [-0.05, 0) is 39.5 Å². The Labute approximate surface area is 201 Å². The van der Waals surface area contributed by atoms with Gasteiger partial charge in [0.1, 0.15) is 13.2 Å². The van der Waals surface area contributed by atoms with E-state index in [0.29, 0.717) is 18.6 Å². The van der Waals surface area contributed by atoms with Gasteiger partial charge in [-0.25, -0.2) is 8.78 Å². The van der Waals surface area contributed by atoms with E-state index in [2.05, 4.69) is 10.1 Å². The van der Waals surface area contributed by atoms with E-state index < -0.39 is 49.4 Å². The number of hydrazone groups is 1. The second-order valence-electron chi connectivity index (χ2n) is 10.5. The summed E-state index contributed by atoms with van der Waals surface area (Å²) in [5.41, 5.74) is -0.0874. The molecule has 0 N–H and O–H groups in total. The van der Waals surface area contributed by atoms with Crippen LogP contribution in [0.3, 0.4) is 0 Å². The topological polar surface area (TPSA) is 69.9 Å². The molecular formula is C23H32F5N5O2. The molecule has 0 aromatic carbocycles. The number of aliphatic imine (C=N–C) groups is 2. The average Bonchev–Trinajstić information content (AvgIpc) is 3.25. The molecule has 7 atom stereocenters. The number of nitrogens with zero attached hydrogens (tertiary/aromatic N) is 5. The van der Waals surface area contributed by atoms with Crippen molar-refractivity contribution >= 4 is 24.0 Å². The molecule has 0 bridgehead atoms. The molecule has 0 radical (unpaired) electrons. The second-order valence-corrected chi connectivity index (χ2v) is 10.5. The number of carbonyl (C=O) groups is 1. The van der Waals surface area contributed by atoms with Crippen molar-refractivity contribution in [3.63, 3.8) is 0 Å². The monoisotopic (exact) mass is 505 g/mol. The van der Waals surface area contributed by atoms with Crippen molar-refractivity contribution in [2.24, 2.45) is 32.8 Å². The van der Waals surface area contributed by atoms with Gasteiger partial charge in [-0.15, -0.1) is 0 Å². The minimum absolute atomic E-state index is 0.0250. The molecule has 0 saturated carbocycles. The van der Waals surface area contributed by atoms with Crippen LogP contribution in [0.4, 0.5) is 22.0 Å². The first-order chi connectivity index (χ1) is 16.3. The lowest BCUT2D eigenvalue weighted by molar-refractivity contribution is -0.146. The largest absolute Gasteiger partial charge is 0.407 e. The van der Waals surface area contributed by atoms with E-state index in [0.717, 1.165) is 5.01 Å². The first kappa shape index (κ1) is 26.0. The summed E-state index contributed by atoms with van der Waals surface area (Å²) in [7, 11) is 0. The van der Waals surface area contributed by atoms with Crippen molar-refractivity contribution in [2.75, 3.05) is 19.7 Å². The molecule has 1 fully saturated rings. The molecule has 1 saturated heterocycles. The SMILES string of the molecule is CC1CC(C2C=NC(C)C(OCC(F)F)C2)N=C2C1C(=O)N(C1C=NN(CC(F)(F)F)C1)C2(C)C. The number of hydrogen-bond donors (Lipinski definition) is 0. The van der Waals surface area contributed by atoms with Gasteiger partial charge in [-0.2, -0.15) is 18.3 Å². The minimum atomic E-state index is -4.38. The molecule has 196 valence electrons. The number of halogens is 5. The molecule has 35 heavy (non-hydrogen) atoms. The molecule has 1 amide bonds. The maximum Gasteiger partial charge on any atom is 0.407 e.